The fraction of sp³-hybridized carbons (Fsp3) is 0.562. The highest BCUT2D eigenvalue weighted by molar-refractivity contribution is 6.35. The van der Waals surface area contributed by atoms with Crippen LogP contribution in [-0.4, -0.2) is 16.1 Å². The summed E-state index contributed by atoms with van der Waals surface area (Å²) in [6.07, 6.45) is 4.77. The van der Waals surface area contributed by atoms with Crippen LogP contribution in [0.3, 0.4) is 0 Å². The summed E-state index contributed by atoms with van der Waals surface area (Å²) in [4.78, 5) is 4.90. The van der Waals surface area contributed by atoms with E-state index in [4.69, 9.17) is 22.3 Å². The third kappa shape index (κ3) is 2.23. The summed E-state index contributed by atoms with van der Waals surface area (Å²) >= 11 is 6.40. The van der Waals surface area contributed by atoms with Gasteiger partial charge >= 0.3 is 0 Å². The SMILES string of the molecule is CCCn1c(C2CCCC2CN)nc2cccc(Cl)c21. The van der Waals surface area contributed by atoms with E-state index < -0.39 is 0 Å². The molecule has 2 aromatic rings. The monoisotopic (exact) mass is 291 g/mol. The largest absolute Gasteiger partial charge is 0.330 e. The van der Waals surface area contributed by atoms with Gasteiger partial charge in [-0.1, -0.05) is 31.0 Å². The van der Waals surface area contributed by atoms with Crippen LogP contribution in [0.4, 0.5) is 0 Å². The van der Waals surface area contributed by atoms with Gasteiger partial charge in [-0.15, -0.1) is 0 Å². The Balaban J connectivity index is 2.14. The summed E-state index contributed by atoms with van der Waals surface area (Å²) in [5.41, 5.74) is 8.06. The second-order valence-electron chi connectivity index (χ2n) is 5.76. The van der Waals surface area contributed by atoms with Gasteiger partial charge < -0.3 is 10.3 Å². The predicted molar refractivity (Wildman–Crippen MR) is 84.2 cm³/mol. The number of aryl methyl sites for hydroxylation is 1. The van der Waals surface area contributed by atoms with Gasteiger partial charge in [0.05, 0.1) is 16.1 Å². The van der Waals surface area contributed by atoms with Crippen LogP contribution in [0.1, 0.15) is 44.3 Å². The Morgan fingerprint density at radius 1 is 1.40 bits per heavy atom. The molecule has 0 radical (unpaired) electrons. The van der Waals surface area contributed by atoms with Crippen LogP contribution in [0.15, 0.2) is 18.2 Å². The van der Waals surface area contributed by atoms with E-state index in [2.05, 4.69) is 17.6 Å². The van der Waals surface area contributed by atoms with Crippen molar-refractivity contribution in [2.24, 2.45) is 11.7 Å². The number of hydrogen-bond donors (Lipinski definition) is 1. The van der Waals surface area contributed by atoms with Gasteiger partial charge in [-0.25, -0.2) is 4.98 Å². The molecule has 0 amide bonds. The topological polar surface area (TPSA) is 43.8 Å². The number of rotatable bonds is 4. The Morgan fingerprint density at radius 3 is 3.00 bits per heavy atom. The molecule has 0 saturated heterocycles. The van der Waals surface area contributed by atoms with Gasteiger partial charge in [0.2, 0.25) is 0 Å². The number of halogens is 1. The van der Waals surface area contributed by atoms with Gasteiger partial charge in [0, 0.05) is 12.5 Å². The maximum Gasteiger partial charge on any atom is 0.113 e. The molecule has 108 valence electrons. The Kier molecular flexibility index (Phi) is 3.99. The van der Waals surface area contributed by atoms with Crippen molar-refractivity contribution in [3.8, 4) is 0 Å². The van der Waals surface area contributed by atoms with E-state index in [1.54, 1.807) is 0 Å². The minimum atomic E-state index is 0.495. The van der Waals surface area contributed by atoms with E-state index in [0.29, 0.717) is 11.8 Å². The average Bonchev–Trinajstić information content (AvgIpc) is 3.04. The molecule has 2 N–H and O–H groups in total. The third-order valence-electron chi connectivity index (χ3n) is 4.49. The second kappa shape index (κ2) is 5.74. The number of benzene rings is 1. The molecule has 4 heteroatoms. The molecular weight excluding hydrogens is 270 g/mol. The van der Waals surface area contributed by atoms with Crippen molar-refractivity contribution >= 4 is 22.6 Å². The molecule has 0 spiro atoms. The molecule has 1 aliphatic carbocycles. The fourth-order valence-corrected chi connectivity index (χ4v) is 3.82. The van der Waals surface area contributed by atoms with Crippen LogP contribution < -0.4 is 5.73 Å². The summed E-state index contributed by atoms with van der Waals surface area (Å²) in [6.45, 7) is 3.93. The summed E-state index contributed by atoms with van der Waals surface area (Å²) in [7, 11) is 0. The summed E-state index contributed by atoms with van der Waals surface area (Å²) < 4.78 is 2.33. The van der Waals surface area contributed by atoms with Gasteiger partial charge in [-0.2, -0.15) is 0 Å². The molecule has 20 heavy (non-hydrogen) atoms. The van der Waals surface area contributed by atoms with E-state index in [-0.39, 0.29) is 0 Å². The van der Waals surface area contributed by atoms with Gasteiger partial charge in [-0.3, -0.25) is 0 Å². The number of hydrogen-bond acceptors (Lipinski definition) is 2. The summed E-state index contributed by atoms with van der Waals surface area (Å²) in [6, 6.07) is 5.99. The third-order valence-corrected chi connectivity index (χ3v) is 4.79. The van der Waals surface area contributed by atoms with E-state index >= 15 is 0 Å². The van der Waals surface area contributed by atoms with Gasteiger partial charge in [0.1, 0.15) is 5.82 Å². The van der Waals surface area contributed by atoms with Crippen molar-refractivity contribution in [3.63, 3.8) is 0 Å². The first-order valence-corrected chi connectivity index (χ1v) is 7.98. The molecule has 1 aromatic heterocycles. The minimum absolute atomic E-state index is 0.495. The van der Waals surface area contributed by atoms with Gasteiger partial charge in [-0.05, 0) is 43.9 Å². The molecule has 2 atom stereocenters. The lowest BCUT2D eigenvalue weighted by molar-refractivity contribution is 0.459. The maximum absolute atomic E-state index is 6.40. The molecule has 1 saturated carbocycles. The molecule has 2 unspecified atom stereocenters. The zero-order valence-electron chi connectivity index (χ0n) is 12.0. The summed E-state index contributed by atoms with van der Waals surface area (Å²) in [5, 5.41) is 0.803. The molecule has 0 aliphatic heterocycles. The highest BCUT2D eigenvalue weighted by atomic mass is 35.5. The van der Waals surface area contributed by atoms with Crippen molar-refractivity contribution in [1.82, 2.24) is 9.55 Å². The van der Waals surface area contributed by atoms with Crippen LogP contribution in [0.2, 0.25) is 5.02 Å². The van der Waals surface area contributed by atoms with E-state index in [1.165, 1.54) is 25.1 Å². The molecule has 1 heterocycles. The first-order chi connectivity index (χ1) is 9.76. The lowest BCUT2D eigenvalue weighted by Crippen LogP contribution is -2.20. The van der Waals surface area contributed by atoms with Crippen molar-refractivity contribution in [1.29, 1.82) is 0 Å². The Morgan fingerprint density at radius 2 is 2.25 bits per heavy atom. The smallest absolute Gasteiger partial charge is 0.113 e. The molecule has 1 aromatic carbocycles. The van der Waals surface area contributed by atoms with Crippen molar-refractivity contribution < 1.29 is 0 Å². The fourth-order valence-electron chi connectivity index (χ4n) is 3.55. The number of nitrogens with zero attached hydrogens (tertiary/aromatic N) is 2. The highest BCUT2D eigenvalue weighted by Crippen LogP contribution is 2.40. The first kappa shape index (κ1) is 13.9. The van der Waals surface area contributed by atoms with E-state index in [0.717, 1.165) is 35.6 Å². The predicted octanol–water partition coefficient (Wildman–Crippen LogP) is 3.94. The van der Waals surface area contributed by atoms with Crippen LogP contribution in [-0.2, 0) is 6.54 Å². The Bertz CT molecular complexity index is 605. The quantitative estimate of drug-likeness (QED) is 0.927. The molecule has 1 fully saturated rings. The second-order valence-corrected chi connectivity index (χ2v) is 6.17. The molecular formula is C16H22ClN3. The highest BCUT2D eigenvalue weighted by Gasteiger charge is 2.31. The van der Waals surface area contributed by atoms with Crippen molar-refractivity contribution in [2.45, 2.75) is 45.1 Å². The molecule has 3 rings (SSSR count). The molecule has 0 bridgehead atoms. The lowest BCUT2D eigenvalue weighted by Gasteiger charge is -2.19. The summed E-state index contributed by atoms with van der Waals surface area (Å²) in [5.74, 6) is 2.26. The number of imidazole rings is 1. The standard InChI is InChI=1S/C16H22ClN3/c1-2-9-20-15-13(17)7-4-8-14(15)19-16(20)12-6-3-5-11(12)10-18/h4,7-8,11-12H,2-3,5-6,9-10,18H2,1H3. The van der Waals surface area contributed by atoms with E-state index in [1.807, 2.05) is 12.1 Å². The number of aromatic nitrogens is 2. The number of para-hydroxylation sites is 1. The van der Waals surface area contributed by atoms with Gasteiger partial charge in [0.15, 0.2) is 0 Å². The Labute approximate surface area is 125 Å². The average molecular weight is 292 g/mol. The van der Waals surface area contributed by atoms with Crippen LogP contribution in [0.25, 0.3) is 11.0 Å². The van der Waals surface area contributed by atoms with Crippen molar-refractivity contribution in [2.75, 3.05) is 6.54 Å². The van der Waals surface area contributed by atoms with Crippen LogP contribution >= 0.6 is 11.6 Å². The number of nitrogens with two attached hydrogens (primary N) is 1. The lowest BCUT2D eigenvalue weighted by atomic mass is 9.95. The van der Waals surface area contributed by atoms with Gasteiger partial charge in [0.25, 0.3) is 0 Å². The van der Waals surface area contributed by atoms with Crippen molar-refractivity contribution in [3.05, 3.63) is 29.0 Å². The normalized spacial score (nSPS) is 22.8. The van der Waals surface area contributed by atoms with Crippen LogP contribution in [0.5, 0.6) is 0 Å². The maximum atomic E-state index is 6.40. The molecule has 3 nitrogen and oxygen atoms in total. The van der Waals surface area contributed by atoms with E-state index in [9.17, 15) is 0 Å². The van der Waals surface area contributed by atoms with Crippen LogP contribution in [0, 0.1) is 5.92 Å². The zero-order chi connectivity index (χ0) is 14.1. The number of fused-ring (bicyclic) bond motifs is 1. The zero-order valence-corrected chi connectivity index (χ0v) is 12.7. The first-order valence-electron chi connectivity index (χ1n) is 7.61. The molecule has 1 aliphatic rings. The Hall–Kier alpha value is -1.06. The minimum Gasteiger partial charge on any atom is -0.330 e.